The molecule has 2 bridgehead atoms. The number of fused-ring (bicyclic) bond motifs is 1. The quantitative estimate of drug-likeness (QED) is 0.303. The number of alkyl halides is 1. The van der Waals surface area contributed by atoms with Gasteiger partial charge in [0.2, 0.25) is 17.7 Å². The van der Waals surface area contributed by atoms with Crippen molar-refractivity contribution in [3.8, 4) is 0 Å². The molecule has 3 heterocycles. The van der Waals surface area contributed by atoms with Crippen molar-refractivity contribution >= 4 is 45.4 Å². The number of thioether (sulfide) groups is 1. The molecule has 3 saturated heterocycles. The van der Waals surface area contributed by atoms with Crippen LogP contribution in [0.15, 0.2) is 0 Å². The van der Waals surface area contributed by atoms with Crippen LogP contribution in [-0.2, 0) is 14.4 Å². The topological polar surface area (TPSA) is 98.7 Å². The van der Waals surface area contributed by atoms with Gasteiger partial charge in [-0.15, -0.1) is 11.8 Å². The minimum absolute atomic E-state index is 0.00977. The summed E-state index contributed by atoms with van der Waals surface area (Å²) in [5.41, 5.74) is 0. The van der Waals surface area contributed by atoms with E-state index in [9.17, 15) is 19.5 Å². The predicted octanol–water partition coefficient (Wildman–Crippen LogP) is 1.91. The van der Waals surface area contributed by atoms with Crippen molar-refractivity contribution in [1.29, 1.82) is 0 Å². The molecule has 3 aliphatic rings. The number of nitrogens with one attached hydrogen (secondary N) is 2. The fraction of sp³-hybridized carbons (Fsp3) is 0.864. The number of likely N-dealkylation sites (tertiary alicyclic amines) is 1. The Morgan fingerprint density at radius 3 is 2.48 bits per heavy atom. The summed E-state index contributed by atoms with van der Waals surface area (Å²) >= 11 is 5.39. The lowest BCUT2D eigenvalue weighted by molar-refractivity contribution is -0.143. The number of carbonyl (C=O) groups excluding carboxylic acids is 3. The first-order valence-corrected chi connectivity index (χ1v) is 13.3. The molecule has 0 aromatic heterocycles. The molecule has 7 nitrogen and oxygen atoms in total. The molecule has 3 N–H and O–H groups in total. The maximum absolute atomic E-state index is 13.8. The highest BCUT2D eigenvalue weighted by molar-refractivity contribution is 9.09. The van der Waals surface area contributed by atoms with Crippen molar-refractivity contribution in [2.45, 2.75) is 80.3 Å². The summed E-state index contributed by atoms with van der Waals surface area (Å²) in [6.07, 6.45) is 3.32. The number of unbranched alkanes of at least 4 members (excludes halogenated alkanes) is 1. The molecule has 31 heavy (non-hydrogen) atoms. The molecule has 9 heteroatoms. The third-order valence-corrected chi connectivity index (χ3v) is 10.2. The fourth-order valence-corrected chi connectivity index (χ4v) is 9.10. The van der Waals surface area contributed by atoms with E-state index in [4.69, 9.17) is 0 Å². The van der Waals surface area contributed by atoms with Crippen LogP contribution in [0.1, 0.15) is 53.4 Å². The molecule has 0 aromatic rings. The van der Waals surface area contributed by atoms with Crippen LogP contribution in [-0.4, -0.2) is 74.3 Å². The van der Waals surface area contributed by atoms with Crippen molar-refractivity contribution in [2.24, 2.45) is 17.8 Å². The average molecular weight is 519 g/mol. The lowest BCUT2D eigenvalue weighted by atomic mass is 9.70. The van der Waals surface area contributed by atoms with Crippen LogP contribution < -0.4 is 10.6 Å². The number of hydrogen-bond acceptors (Lipinski definition) is 5. The van der Waals surface area contributed by atoms with E-state index in [0.717, 1.165) is 19.3 Å². The van der Waals surface area contributed by atoms with Crippen molar-refractivity contribution in [1.82, 2.24) is 15.5 Å². The second-order valence-corrected chi connectivity index (χ2v) is 12.1. The standard InChI is InChI=1S/C22H36BrN3O4S/c1-5-7-9-25-20(29)18-22-10-13(23)17(31-22)15(19(28)24-8-6-2)16(22)21(30)26(18)14(11-27)12(3)4/h12-18,27H,5-11H2,1-4H3,(H,24,28)(H,25,29)/t13?,14-,15+,16-,17+,18?,22?/m0/s1. The van der Waals surface area contributed by atoms with Gasteiger partial charge in [-0.05, 0) is 25.2 Å². The van der Waals surface area contributed by atoms with Gasteiger partial charge in [0.05, 0.1) is 29.2 Å². The van der Waals surface area contributed by atoms with Gasteiger partial charge in [0, 0.05) is 23.2 Å². The van der Waals surface area contributed by atoms with Gasteiger partial charge in [-0.1, -0.05) is 50.0 Å². The van der Waals surface area contributed by atoms with Crippen molar-refractivity contribution in [2.75, 3.05) is 19.7 Å². The molecule has 0 saturated carbocycles. The third-order valence-electron chi connectivity index (χ3n) is 6.97. The molecule has 0 aromatic carbocycles. The first-order valence-electron chi connectivity index (χ1n) is 11.5. The number of carbonyl (C=O) groups is 3. The van der Waals surface area contributed by atoms with E-state index >= 15 is 0 Å². The Bertz CT molecular complexity index is 708. The number of nitrogens with zero attached hydrogens (tertiary/aromatic N) is 1. The second kappa shape index (κ2) is 10.00. The van der Waals surface area contributed by atoms with Crippen LogP contribution in [0.25, 0.3) is 0 Å². The summed E-state index contributed by atoms with van der Waals surface area (Å²) < 4.78 is -0.650. The van der Waals surface area contributed by atoms with Gasteiger partial charge < -0.3 is 20.6 Å². The number of amides is 3. The maximum atomic E-state index is 13.8. The highest BCUT2D eigenvalue weighted by Gasteiger charge is 2.76. The largest absolute Gasteiger partial charge is 0.394 e. The molecule has 1 spiro atoms. The van der Waals surface area contributed by atoms with Crippen LogP contribution in [0.3, 0.4) is 0 Å². The van der Waals surface area contributed by atoms with E-state index in [1.54, 1.807) is 16.7 Å². The Kier molecular flexibility index (Phi) is 8.01. The minimum Gasteiger partial charge on any atom is -0.394 e. The molecule has 3 aliphatic heterocycles. The lowest BCUT2D eigenvalue weighted by Crippen LogP contribution is -2.58. The Labute approximate surface area is 198 Å². The highest BCUT2D eigenvalue weighted by Crippen LogP contribution is 2.68. The van der Waals surface area contributed by atoms with Crippen molar-refractivity contribution in [3.05, 3.63) is 0 Å². The van der Waals surface area contributed by atoms with Crippen molar-refractivity contribution in [3.63, 3.8) is 0 Å². The Hall–Kier alpha value is -0.800. The zero-order chi connectivity index (χ0) is 22.9. The molecule has 0 radical (unpaired) electrons. The highest BCUT2D eigenvalue weighted by atomic mass is 79.9. The molecule has 3 unspecified atom stereocenters. The van der Waals surface area contributed by atoms with E-state index in [1.165, 1.54) is 0 Å². The molecule has 3 fully saturated rings. The zero-order valence-electron chi connectivity index (χ0n) is 18.9. The van der Waals surface area contributed by atoms with Crippen LogP contribution in [0.5, 0.6) is 0 Å². The van der Waals surface area contributed by atoms with Gasteiger partial charge in [0.15, 0.2) is 0 Å². The Morgan fingerprint density at radius 1 is 1.23 bits per heavy atom. The average Bonchev–Trinajstić information content (AvgIpc) is 3.31. The molecule has 3 amide bonds. The van der Waals surface area contributed by atoms with Gasteiger partial charge >= 0.3 is 0 Å². The third kappa shape index (κ3) is 4.14. The Morgan fingerprint density at radius 2 is 1.90 bits per heavy atom. The molecule has 3 rings (SSSR count). The minimum atomic E-state index is -0.680. The number of aliphatic hydroxyl groups excluding tert-OH is 1. The summed E-state index contributed by atoms with van der Waals surface area (Å²) in [7, 11) is 0. The first kappa shape index (κ1) is 24.8. The van der Waals surface area contributed by atoms with E-state index in [2.05, 4.69) is 33.5 Å². The fourth-order valence-electron chi connectivity index (χ4n) is 5.50. The zero-order valence-corrected chi connectivity index (χ0v) is 21.3. The van der Waals surface area contributed by atoms with Gasteiger partial charge in [-0.25, -0.2) is 0 Å². The van der Waals surface area contributed by atoms with E-state index in [0.29, 0.717) is 19.5 Å². The smallest absolute Gasteiger partial charge is 0.244 e. The van der Waals surface area contributed by atoms with E-state index in [-0.39, 0.29) is 40.3 Å². The van der Waals surface area contributed by atoms with Gasteiger partial charge in [0.25, 0.3) is 0 Å². The van der Waals surface area contributed by atoms with Crippen LogP contribution in [0.4, 0.5) is 0 Å². The maximum Gasteiger partial charge on any atom is 0.244 e. The monoisotopic (exact) mass is 517 g/mol. The Balaban J connectivity index is 2.02. The molecular formula is C22H36BrN3O4S. The molecule has 176 valence electrons. The number of rotatable bonds is 10. The van der Waals surface area contributed by atoms with E-state index in [1.807, 2.05) is 20.8 Å². The molecular weight excluding hydrogens is 482 g/mol. The van der Waals surface area contributed by atoms with Gasteiger partial charge in [-0.2, -0.15) is 0 Å². The SMILES string of the molecule is CCCCNC(=O)C1N([C@@H](CO)C(C)C)C(=O)[C@@H]2[C@@H](C(=O)NCCC)[C@@H]3SC12CC3Br. The van der Waals surface area contributed by atoms with Crippen LogP contribution in [0.2, 0.25) is 0 Å². The number of aliphatic hydroxyl groups is 1. The predicted molar refractivity (Wildman–Crippen MR) is 126 cm³/mol. The number of halogens is 1. The summed E-state index contributed by atoms with van der Waals surface area (Å²) in [4.78, 5) is 42.1. The lowest BCUT2D eigenvalue weighted by Gasteiger charge is -2.38. The van der Waals surface area contributed by atoms with E-state index < -0.39 is 28.7 Å². The summed E-state index contributed by atoms with van der Waals surface area (Å²) in [6.45, 7) is 8.90. The van der Waals surface area contributed by atoms with Crippen LogP contribution in [0, 0.1) is 17.8 Å². The molecule has 0 aliphatic carbocycles. The second-order valence-electron chi connectivity index (χ2n) is 9.34. The molecule has 7 atom stereocenters. The summed E-state index contributed by atoms with van der Waals surface area (Å²) in [5.74, 6) is -1.43. The number of hydrogen-bond donors (Lipinski definition) is 3. The normalized spacial score (nSPS) is 34.9. The summed E-state index contributed by atoms with van der Waals surface area (Å²) in [6, 6.07) is -1.14. The van der Waals surface area contributed by atoms with Crippen LogP contribution >= 0.6 is 27.7 Å². The first-order chi connectivity index (χ1) is 14.7. The van der Waals surface area contributed by atoms with Gasteiger partial charge in [0.1, 0.15) is 6.04 Å². The van der Waals surface area contributed by atoms with Crippen molar-refractivity contribution < 1.29 is 19.5 Å². The summed E-state index contributed by atoms with van der Waals surface area (Å²) in [5, 5.41) is 16.1. The van der Waals surface area contributed by atoms with Gasteiger partial charge in [-0.3, -0.25) is 14.4 Å².